The van der Waals surface area contributed by atoms with Crippen molar-refractivity contribution in [2.24, 2.45) is 0 Å². The quantitative estimate of drug-likeness (QED) is 0.794. The highest BCUT2D eigenvalue weighted by atomic mass is 35.5. The van der Waals surface area contributed by atoms with Gasteiger partial charge in [-0.25, -0.2) is 0 Å². The molecule has 0 fully saturated rings. The van der Waals surface area contributed by atoms with Crippen LogP contribution in [0.2, 0.25) is 5.02 Å². The van der Waals surface area contributed by atoms with E-state index in [0.717, 1.165) is 11.4 Å². The Bertz CT molecular complexity index is 714. The second-order valence-electron chi connectivity index (χ2n) is 5.34. The molecule has 98 valence electrons. The van der Waals surface area contributed by atoms with Crippen LogP contribution in [0.25, 0.3) is 5.69 Å². The van der Waals surface area contributed by atoms with Crippen molar-refractivity contribution in [2.75, 3.05) is 0 Å². The summed E-state index contributed by atoms with van der Waals surface area (Å²) >= 11 is 11.6. The van der Waals surface area contributed by atoms with E-state index in [1.165, 1.54) is 0 Å². The van der Waals surface area contributed by atoms with Crippen LogP contribution in [0.1, 0.15) is 32.0 Å². The van der Waals surface area contributed by atoms with Crippen LogP contribution in [0.5, 0.6) is 0 Å². The summed E-state index contributed by atoms with van der Waals surface area (Å²) in [5, 5.41) is 9.39. The van der Waals surface area contributed by atoms with Gasteiger partial charge in [0.15, 0.2) is 4.77 Å². The number of aromatic amines is 1. The van der Waals surface area contributed by atoms with Gasteiger partial charge in [0.05, 0.1) is 22.3 Å². The lowest BCUT2D eigenvalue weighted by Crippen LogP contribution is -2.17. The van der Waals surface area contributed by atoms with Gasteiger partial charge in [-0.1, -0.05) is 32.4 Å². The smallest absolute Gasteiger partial charge is 0.182 e. The maximum absolute atomic E-state index is 8.88. The fraction of sp³-hybridized carbons (Fsp3) is 0.286. The minimum absolute atomic E-state index is 0.0647. The highest BCUT2D eigenvalue weighted by Crippen LogP contribution is 2.29. The van der Waals surface area contributed by atoms with Crippen LogP contribution in [-0.4, -0.2) is 9.55 Å². The Balaban J connectivity index is 2.70. The number of benzene rings is 1. The van der Waals surface area contributed by atoms with E-state index < -0.39 is 0 Å². The summed E-state index contributed by atoms with van der Waals surface area (Å²) in [4.78, 5) is 3.05. The SMILES string of the molecule is CC(C)(C)c1c[nH]c(=S)n1-c1ccc(C#N)cc1Cl. The zero-order valence-electron chi connectivity index (χ0n) is 11.0. The van der Waals surface area contributed by atoms with Crippen molar-refractivity contribution in [3.63, 3.8) is 0 Å². The van der Waals surface area contributed by atoms with Crippen molar-refractivity contribution in [1.29, 1.82) is 5.26 Å². The summed E-state index contributed by atoms with van der Waals surface area (Å²) in [6, 6.07) is 7.28. The molecule has 0 amide bonds. The van der Waals surface area contributed by atoms with Crippen molar-refractivity contribution in [3.8, 4) is 11.8 Å². The largest absolute Gasteiger partial charge is 0.337 e. The molecule has 0 unspecified atom stereocenters. The van der Waals surface area contributed by atoms with Crippen LogP contribution in [0, 0.1) is 16.1 Å². The molecule has 5 heteroatoms. The minimum atomic E-state index is -0.0647. The van der Waals surface area contributed by atoms with Crippen molar-refractivity contribution >= 4 is 23.8 Å². The highest BCUT2D eigenvalue weighted by Gasteiger charge is 2.21. The molecule has 1 aromatic carbocycles. The molecule has 0 radical (unpaired) electrons. The van der Waals surface area contributed by atoms with Crippen molar-refractivity contribution in [2.45, 2.75) is 26.2 Å². The van der Waals surface area contributed by atoms with Gasteiger partial charge in [-0.3, -0.25) is 4.57 Å². The molecule has 19 heavy (non-hydrogen) atoms. The third-order valence-corrected chi connectivity index (χ3v) is 3.47. The van der Waals surface area contributed by atoms with Gasteiger partial charge in [0, 0.05) is 17.3 Å². The van der Waals surface area contributed by atoms with E-state index in [9.17, 15) is 0 Å². The lowest BCUT2D eigenvalue weighted by molar-refractivity contribution is 0.556. The Morgan fingerprint density at radius 3 is 2.58 bits per heavy atom. The number of nitrogens with one attached hydrogen (secondary N) is 1. The Morgan fingerprint density at radius 1 is 1.37 bits per heavy atom. The summed E-state index contributed by atoms with van der Waals surface area (Å²) in [7, 11) is 0. The summed E-state index contributed by atoms with van der Waals surface area (Å²) < 4.78 is 2.51. The number of H-pyrrole nitrogens is 1. The van der Waals surface area contributed by atoms with Crippen molar-refractivity contribution < 1.29 is 0 Å². The molecule has 2 aromatic rings. The molecule has 0 aliphatic heterocycles. The van der Waals surface area contributed by atoms with Gasteiger partial charge in [-0.05, 0) is 30.4 Å². The third-order valence-electron chi connectivity index (χ3n) is 2.86. The molecule has 1 aromatic heterocycles. The lowest BCUT2D eigenvalue weighted by atomic mass is 9.92. The molecule has 0 bridgehead atoms. The Kier molecular flexibility index (Phi) is 3.53. The summed E-state index contributed by atoms with van der Waals surface area (Å²) in [6.45, 7) is 6.33. The molecular weight excluding hydrogens is 278 g/mol. The minimum Gasteiger partial charge on any atom is -0.337 e. The Morgan fingerprint density at radius 2 is 2.05 bits per heavy atom. The number of hydrogen-bond donors (Lipinski definition) is 1. The summed E-state index contributed by atoms with van der Waals surface area (Å²) in [5.74, 6) is 0. The van der Waals surface area contributed by atoms with Crippen LogP contribution in [-0.2, 0) is 5.41 Å². The first kappa shape index (κ1) is 13.9. The first-order chi connectivity index (χ1) is 8.84. The van der Waals surface area contributed by atoms with Crippen LogP contribution in [0.15, 0.2) is 24.4 Å². The molecule has 0 aliphatic carbocycles. The van der Waals surface area contributed by atoms with Crippen LogP contribution >= 0.6 is 23.8 Å². The van der Waals surface area contributed by atoms with Gasteiger partial charge >= 0.3 is 0 Å². The molecule has 0 saturated heterocycles. The van der Waals surface area contributed by atoms with Gasteiger partial charge in [-0.15, -0.1) is 0 Å². The van der Waals surface area contributed by atoms with E-state index in [-0.39, 0.29) is 5.41 Å². The topological polar surface area (TPSA) is 44.5 Å². The maximum atomic E-state index is 8.88. The molecular formula is C14H14ClN3S. The van der Waals surface area contributed by atoms with Gasteiger partial charge in [0.25, 0.3) is 0 Å². The molecule has 0 spiro atoms. The van der Waals surface area contributed by atoms with E-state index in [0.29, 0.717) is 15.4 Å². The normalized spacial score (nSPS) is 11.3. The standard InChI is InChI=1S/C14H14ClN3S/c1-14(2,3)12-8-17-13(19)18(12)11-5-4-9(7-16)6-10(11)15/h4-6,8H,1-3H3,(H,17,19). The van der Waals surface area contributed by atoms with E-state index in [4.69, 9.17) is 29.1 Å². The van der Waals surface area contributed by atoms with E-state index >= 15 is 0 Å². The molecule has 1 N–H and O–H groups in total. The van der Waals surface area contributed by atoms with Crippen LogP contribution in [0.4, 0.5) is 0 Å². The van der Waals surface area contributed by atoms with Gasteiger partial charge in [0.1, 0.15) is 0 Å². The van der Waals surface area contributed by atoms with E-state index in [2.05, 4.69) is 31.8 Å². The second-order valence-corrected chi connectivity index (χ2v) is 6.14. The Hall–Kier alpha value is -1.57. The van der Waals surface area contributed by atoms with Gasteiger partial charge in [0.2, 0.25) is 0 Å². The number of rotatable bonds is 1. The summed E-state index contributed by atoms with van der Waals surface area (Å²) in [6.07, 6.45) is 1.90. The molecule has 0 saturated carbocycles. The molecule has 0 atom stereocenters. The average Bonchev–Trinajstić information content (AvgIpc) is 2.71. The van der Waals surface area contributed by atoms with Crippen LogP contribution < -0.4 is 0 Å². The molecule has 0 aliphatic rings. The predicted octanol–water partition coefficient (Wildman–Crippen LogP) is 4.36. The Labute approximate surface area is 122 Å². The number of imidazole rings is 1. The van der Waals surface area contributed by atoms with Gasteiger partial charge < -0.3 is 4.98 Å². The fourth-order valence-corrected chi connectivity index (χ4v) is 2.44. The lowest BCUT2D eigenvalue weighted by Gasteiger charge is -2.21. The molecule has 1 heterocycles. The molecule has 2 rings (SSSR count). The monoisotopic (exact) mass is 291 g/mol. The average molecular weight is 292 g/mol. The molecule has 3 nitrogen and oxygen atoms in total. The number of nitriles is 1. The predicted molar refractivity (Wildman–Crippen MR) is 79.4 cm³/mol. The summed E-state index contributed by atoms with van der Waals surface area (Å²) in [5.41, 5.74) is 2.30. The van der Waals surface area contributed by atoms with Crippen molar-refractivity contribution in [3.05, 3.63) is 45.4 Å². The zero-order valence-corrected chi connectivity index (χ0v) is 12.6. The van der Waals surface area contributed by atoms with Crippen LogP contribution in [0.3, 0.4) is 0 Å². The maximum Gasteiger partial charge on any atom is 0.182 e. The second kappa shape index (κ2) is 4.84. The number of hydrogen-bond acceptors (Lipinski definition) is 2. The number of halogens is 1. The first-order valence-electron chi connectivity index (χ1n) is 5.85. The number of aromatic nitrogens is 2. The van der Waals surface area contributed by atoms with E-state index in [1.807, 2.05) is 16.8 Å². The fourth-order valence-electron chi connectivity index (χ4n) is 1.92. The first-order valence-corrected chi connectivity index (χ1v) is 6.64. The van der Waals surface area contributed by atoms with E-state index in [1.54, 1.807) is 12.1 Å². The van der Waals surface area contributed by atoms with Crippen molar-refractivity contribution in [1.82, 2.24) is 9.55 Å². The third kappa shape index (κ3) is 2.58. The number of nitrogens with zero attached hydrogens (tertiary/aromatic N) is 2. The van der Waals surface area contributed by atoms with Gasteiger partial charge in [-0.2, -0.15) is 5.26 Å². The zero-order chi connectivity index (χ0) is 14.2. The highest BCUT2D eigenvalue weighted by molar-refractivity contribution is 7.71.